The van der Waals surface area contributed by atoms with E-state index in [1.165, 1.54) is 12.4 Å². The number of aromatic nitrogens is 10. The number of amides is 3. The molecule has 9 aliphatic rings. The van der Waals surface area contributed by atoms with Crippen molar-refractivity contribution < 1.29 is 46.2 Å². The number of fused-ring (bicyclic) bond motifs is 2. The van der Waals surface area contributed by atoms with Gasteiger partial charge in [-0.15, -0.1) is 0 Å². The van der Waals surface area contributed by atoms with Crippen LogP contribution in [0.3, 0.4) is 0 Å². The number of carbonyl (C=O) groups is 3. The second-order valence-corrected chi connectivity index (χ2v) is 20.7. The van der Waals surface area contributed by atoms with E-state index in [1.807, 2.05) is 26.8 Å². The highest BCUT2D eigenvalue weighted by atomic mass is 19.4. The van der Waals surface area contributed by atoms with Crippen LogP contribution in [0.2, 0.25) is 0 Å². The summed E-state index contributed by atoms with van der Waals surface area (Å²) in [4.78, 5) is 48.0. The van der Waals surface area contributed by atoms with Crippen molar-refractivity contribution in [3.05, 3.63) is 71.3 Å². The molecule has 9 fully saturated rings. The fourth-order valence-electron chi connectivity index (χ4n) is 11.6. The molecule has 25 heteroatoms. The molecule has 1 saturated heterocycles. The molecule has 21 nitrogen and oxygen atoms in total. The SMILES string of the molecule is CC.Cc1cn2nc(C(=O)N3CCOCC3)cc2c(Nc2cc(C3CCC(OC(=O)NC45CC(C4)C5)C3)[nH]n2)n1.O=C(NC12CC(C1)C2)OC1CCC(c2cc(Nc3nccn4nc(C(F)(F)F)cc34)n[nH]2)C1F. The van der Waals surface area contributed by atoms with Crippen LogP contribution in [0, 0.1) is 18.8 Å². The summed E-state index contributed by atoms with van der Waals surface area (Å²) in [5.74, 6) is 2.70. The second-order valence-electron chi connectivity index (χ2n) is 20.7. The van der Waals surface area contributed by atoms with E-state index in [0.717, 1.165) is 85.7 Å². The Kier molecular flexibility index (Phi) is 12.9. The van der Waals surface area contributed by atoms with Gasteiger partial charge in [-0.05, 0) is 89.4 Å². The Balaban J connectivity index is 0.000000155. The second kappa shape index (κ2) is 19.3. The van der Waals surface area contributed by atoms with Crippen molar-refractivity contribution in [1.82, 2.24) is 65.1 Å². The van der Waals surface area contributed by atoms with Crippen LogP contribution in [0.1, 0.15) is 130 Å². The molecule has 6 aromatic rings. The molecule has 0 radical (unpaired) electrons. The predicted molar refractivity (Wildman–Crippen MR) is 258 cm³/mol. The number of nitrogens with zero attached hydrogens (tertiary/aromatic N) is 9. The van der Waals surface area contributed by atoms with Gasteiger partial charge in [0, 0.05) is 84.1 Å². The molecular formula is C49H59F4N15O6. The highest BCUT2D eigenvalue weighted by Gasteiger charge is 2.59. The van der Waals surface area contributed by atoms with Crippen molar-refractivity contribution in [2.75, 3.05) is 36.9 Å². The van der Waals surface area contributed by atoms with Gasteiger partial charge in [0.1, 0.15) is 29.4 Å². The van der Waals surface area contributed by atoms with Crippen LogP contribution in [0.5, 0.6) is 0 Å². The highest BCUT2D eigenvalue weighted by Crippen LogP contribution is 2.58. The van der Waals surface area contributed by atoms with E-state index < -0.39 is 36.2 Å². The molecule has 5 atom stereocenters. The Hall–Kier alpha value is -7.05. The van der Waals surface area contributed by atoms with E-state index in [2.05, 4.69) is 61.8 Å². The van der Waals surface area contributed by atoms with Gasteiger partial charge < -0.3 is 40.4 Å². The van der Waals surface area contributed by atoms with Gasteiger partial charge in [-0.2, -0.15) is 33.6 Å². The first kappa shape index (κ1) is 49.2. The number of aromatic amines is 2. The third kappa shape index (κ3) is 9.76. The van der Waals surface area contributed by atoms with Crippen molar-refractivity contribution in [2.24, 2.45) is 11.8 Å². The Labute approximate surface area is 421 Å². The zero-order chi connectivity index (χ0) is 51.5. The molecule has 8 aliphatic carbocycles. The zero-order valence-electron chi connectivity index (χ0n) is 41.2. The van der Waals surface area contributed by atoms with Crippen LogP contribution in [-0.2, 0) is 20.4 Å². The number of alkyl halides is 4. The third-order valence-corrected chi connectivity index (χ3v) is 15.5. The Morgan fingerprint density at radius 1 is 0.784 bits per heavy atom. The molecule has 3 amide bonds. The molecule has 8 saturated carbocycles. The third-order valence-electron chi connectivity index (χ3n) is 15.5. The van der Waals surface area contributed by atoms with Crippen molar-refractivity contribution >= 4 is 52.4 Å². The normalized spacial score (nSPS) is 28.3. The van der Waals surface area contributed by atoms with Gasteiger partial charge in [0.05, 0.1) is 25.1 Å². The summed E-state index contributed by atoms with van der Waals surface area (Å²) in [6.45, 7) is 8.08. The van der Waals surface area contributed by atoms with Crippen molar-refractivity contribution in [2.45, 2.75) is 139 Å². The molecule has 0 spiro atoms. The van der Waals surface area contributed by atoms with Crippen LogP contribution in [0.25, 0.3) is 11.0 Å². The topological polar surface area (TPSA) is 248 Å². The molecule has 15 rings (SSSR count). The number of morpholine rings is 1. The van der Waals surface area contributed by atoms with Crippen molar-refractivity contribution in [3.63, 3.8) is 0 Å². The molecule has 6 aromatic heterocycles. The fraction of sp³-hybridized carbons (Fsp3) is 0.571. The number of nitrogens with one attached hydrogen (secondary N) is 6. The van der Waals surface area contributed by atoms with Gasteiger partial charge in [0.25, 0.3) is 5.91 Å². The summed E-state index contributed by atoms with van der Waals surface area (Å²) >= 11 is 0. The summed E-state index contributed by atoms with van der Waals surface area (Å²) in [6, 6.07) is 6.20. The quantitative estimate of drug-likeness (QED) is 0.0674. The lowest BCUT2D eigenvalue weighted by Crippen LogP contribution is -2.68. The zero-order valence-corrected chi connectivity index (χ0v) is 41.2. The number of hydrogen-bond acceptors (Lipinski definition) is 14. The molecule has 0 aromatic carbocycles. The number of halogens is 4. The molecule has 6 N–H and O–H groups in total. The fourth-order valence-corrected chi connectivity index (χ4v) is 11.6. The van der Waals surface area contributed by atoms with E-state index in [4.69, 9.17) is 14.2 Å². The van der Waals surface area contributed by atoms with Gasteiger partial charge in [-0.1, -0.05) is 13.8 Å². The van der Waals surface area contributed by atoms with Gasteiger partial charge >= 0.3 is 18.4 Å². The number of rotatable bonds is 11. The minimum atomic E-state index is -4.59. The summed E-state index contributed by atoms with van der Waals surface area (Å²) in [7, 11) is 0. The lowest BCUT2D eigenvalue weighted by atomic mass is 9.50. The van der Waals surface area contributed by atoms with Crippen LogP contribution >= 0.6 is 0 Å². The first-order valence-electron chi connectivity index (χ1n) is 25.5. The lowest BCUT2D eigenvalue weighted by Gasteiger charge is -2.61. The molecule has 7 heterocycles. The molecule has 1 aliphatic heterocycles. The molecule has 74 heavy (non-hydrogen) atoms. The first-order valence-corrected chi connectivity index (χ1v) is 25.5. The first-order chi connectivity index (χ1) is 35.6. The van der Waals surface area contributed by atoms with Gasteiger partial charge in [-0.25, -0.2) is 33.0 Å². The van der Waals surface area contributed by atoms with Crippen LogP contribution in [0.15, 0.2) is 42.9 Å². The van der Waals surface area contributed by atoms with Crippen LogP contribution < -0.4 is 21.3 Å². The summed E-state index contributed by atoms with van der Waals surface area (Å²) in [5.41, 5.74) is 2.30. The average Bonchev–Trinajstić information content (AvgIpc) is 4.20. The van der Waals surface area contributed by atoms with E-state index in [-0.39, 0.29) is 52.3 Å². The number of ether oxygens (including phenoxy) is 3. The number of carbonyl (C=O) groups excluding carboxylic acids is 3. The monoisotopic (exact) mass is 1030 g/mol. The summed E-state index contributed by atoms with van der Waals surface area (Å²) < 4.78 is 73.3. The minimum absolute atomic E-state index is 0.0328. The van der Waals surface area contributed by atoms with Gasteiger partial charge in [0.2, 0.25) is 0 Å². The number of hydrogen-bond donors (Lipinski definition) is 6. The van der Waals surface area contributed by atoms with E-state index in [9.17, 15) is 27.6 Å². The maximum absolute atomic E-state index is 15.1. The van der Waals surface area contributed by atoms with Crippen molar-refractivity contribution in [1.29, 1.82) is 0 Å². The largest absolute Gasteiger partial charge is 0.446 e. The van der Waals surface area contributed by atoms with Crippen LogP contribution in [0.4, 0.5) is 50.4 Å². The standard InChI is InChI=1S/C26H32N8O4.C21H21F4N7O2.C2H6/c1-15-14-34-21(9-20(32-34)24(35)33-4-6-37-7-5-33)23(27-15)28-22-10-19(30-31-22)17-2-3-18(8-17)38-25(36)29-26-11-16(12-26)13-26;22-17-11(1-2-14(17)34-19(33)28-20-7-10(8-20)9-20)12-5-16(30-29-12)27-18-13-6-15(21(23,24)25)31-32(13)4-3-26-18;1-2/h9-10,14,16-18H,2-8,11-13H2,1H3,(H,29,36)(H2,27,28,30,31);3-6,10-11,14,17H,1-2,7-9H2,(H,28,33)(H2,26,27,29,30);1-2H3. The average molecular weight is 1030 g/mol. The molecule has 394 valence electrons. The minimum Gasteiger partial charge on any atom is -0.446 e. The van der Waals surface area contributed by atoms with E-state index in [1.54, 1.807) is 27.7 Å². The van der Waals surface area contributed by atoms with Gasteiger partial charge in [-0.3, -0.25) is 15.0 Å². The number of anilines is 4. The maximum atomic E-state index is 15.1. The summed E-state index contributed by atoms with van der Waals surface area (Å²) in [5, 5.41) is 34.6. The summed E-state index contributed by atoms with van der Waals surface area (Å²) in [6.07, 6.45) is 6.24. The van der Waals surface area contributed by atoms with E-state index in [0.29, 0.717) is 73.6 Å². The Bertz CT molecular complexity index is 3020. The molecule has 5 unspecified atom stereocenters. The smallest absolute Gasteiger partial charge is 0.435 e. The number of H-pyrrole nitrogens is 2. The molecular weight excluding hydrogens is 971 g/mol. The van der Waals surface area contributed by atoms with Crippen LogP contribution in [-0.4, -0.2) is 128 Å². The Morgan fingerprint density at radius 3 is 2.08 bits per heavy atom. The number of aryl methyl sites for hydroxylation is 1. The highest BCUT2D eigenvalue weighted by molar-refractivity contribution is 5.94. The number of alkyl carbamates (subject to hydrolysis) is 2. The predicted octanol–water partition coefficient (Wildman–Crippen LogP) is 8.00. The van der Waals surface area contributed by atoms with Gasteiger partial charge in [0.15, 0.2) is 34.7 Å². The Morgan fingerprint density at radius 2 is 1.42 bits per heavy atom. The van der Waals surface area contributed by atoms with E-state index >= 15 is 4.39 Å². The lowest BCUT2D eigenvalue weighted by molar-refractivity contribution is -0.141. The van der Waals surface area contributed by atoms with Crippen molar-refractivity contribution in [3.8, 4) is 0 Å². The maximum Gasteiger partial charge on any atom is 0.435 e. The molecule has 4 bridgehead atoms.